The predicted octanol–water partition coefficient (Wildman–Crippen LogP) is 2.03. The Morgan fingerprint density at radius 3 is 2.62 bits per heavy atom. The fourth-order valence-electron chi connectivity index (χ4n) is 3.30. The summed E-state index contributed by atoms with van der Waals surface area (Å²) in [6, 6.07) is -0.763. The quantitative estimate of drug-likeness (QED) is 0.422. The molecule has 2 bridgehead atoms. The molecule has 0 aromatic rings. The average Bonchev–Trinajstić information content (AvgIpc) is 2.95. The summed E-state index contributed by atoms with van der Waals surface area (Å²) in [4.78, 5) is 37.4. The zero-order valence-corrected chi connectivity index (χ0v) is 12.8. The lowest BCUT2D eigenvalue weighted by molar-refractivity contribution is -0.131. The molecule has 4 atom stereocenters. The van der Waals surface area contributed by atoms with Gasteiger partial charge in [0, 0.05) is 5.92 Å². The Hall–Kier alpha value is -1.56. The van der Waals surface area contributed by atoms with Crippen molar-refractivity contribution < 1.29 is 19.1 Å². The number of nitrogens with zero attached hydrogens (tertiary/aromatic N) is 1. The molecule has 0 unspecified atom stereocenters. The summed E-state index contributed by atoms with van der Waals surface area (Å²) >= 11 is 6.37. The van der Waals surface area contributed by atoms with Crippen molar-refractivity contribution in [3.05, 3.63) is 12.2 Å². The first-order valence-electron chi connectivity index (χ1n) is 6.89. The van der Waals surface area contributed by atoms with Crippen LogP contribution in [0.5, 0.6) is 0 Å². The number of alkyl halides is 1. The number of imide groups is 3. The molecular weight excluding hydrogens is 296 g/mol. The highest BCUT2D eigenvalue weighted by Gasteiger charge is 2.67. The second-order valence-corrected chi connectivity index (χ2v) is 7.18. The third-order valence-electron chi connectivity index (χ3n) is 4.16. The molecule has 7 heteroatoms. The standard InChI is InChI=1S/C14H17ClN2O4/c1-13(2,3)21-12(20)17-10(18)14(16-11(17)19)8-5-4-7(6-8)9(14)15/h4-5,7-9H,6H2,1-3H3,(H,16,19)/t7-,8+,9-,14+/m0/s1. The summed E-state index contributed by atoms with van der Waals surface area (Å²) in [7, 11) is 0. The largest absolute Gasteiger partial charge is 0.443 e. The van der Waals surface area contributed by atoms with Crippen LogP contribution in [0, 0.1) is 11.8 Å². The molecule has 6 nitrogen and oxygen atoms in total. The molecule has 1 spiro atoms. The number of carbonyl (C=O) groups excluding carboxylic acids is 3. The van der Waals surface area contributed by atoms with Crippen LogP contribution < -0.4 is 5.32 Å². The van der Waals surface area contributed by atoms with Gasteiger partial charge < -0.3 is 10.1 Å². The minimum atomic E-state index is -1.21. The number of rotatable bonds is 0. The van der Waals surface area contributed by atoms with Gasteiger partial charge in [-0.3, -0.25) is 4.79 Å². The highest BCUT2D eigenvalue weighted by atomic mass is 35.5. The van der Waals surface area contributed by atoms with Crippen molar-refractivity contribution in [3.8, 4) is 0 Å². The van der Waals surface area contributed by atoms with E-state index in [-0.39, 0.29) is 11.8 Å². The Morgan fingerprint density at radius 2 is 2.10 bits per heavy atom. The maximum absolute atomic E-state index is 12.7. The summed E-state index contributed by atoms with van der Waals surface area (Å²) in [5, 5.41) is 2.09. The highest BCUT2D eigenvalue weighted by molar-refractivity contribution is 6.28. The summed E-state index contributed by atoms with van der Waals surface area (Å²) < 4.78 is 5.12. The summed E-state index contributed by atoms with van der Waals surface area (Å²) in [6.45, 7) is 5.01. The van der Waals surface area contributed by atoms with Gasteiger partial charge in [-0.25, -0.2) is 9.59 Å². The molecule has 1 N–H and O–H groups in total. The van der Waals surface area contributed by atoms with Gasteiger partial charge in [0.05, 0.1) is 5.38 Å². The second-order valence-electron chi connectivity index (χ2n) is 6.71. The smallest absolute Gasteiger partial charge is 0.425 e. The predicted molar refractivity (Wildman–Crippen MR) is 74.7 cm³/mol. The topological polar surface area (TPSA) is 75.7 Å². The van der Waals surface area contributed by atoms with E-state index < -0.39 is 34.5 Å². The van der Waals surface area contributed by atoms with E-state index >= 15 is 0 Å². The van der Waals surface area contributed by atoms with Crippen LogP contribution in [0.3, 0.4) is 0 Å². The van der Waals surface area contributed by atoms with Gasteiger partial charge in [0.15, 0.2) is 0 Å². The normalized spacial score (nSPS) is 37.5. The maximum Gasteiger partial charge on any atom is 0.425 e. The van der Waals surface area contributed by atoms with Crippen molar-refractivity contribution >= 4 is 29.6 Å². The molecule has 0 radical (unpaired) electrons. The Balaban J connectivity index is 1.90. The maximum atomic E-state index is 12.7. The van der Waals surface area contributed by atoms with Gasteiger partial charge in [0.2, 0.25) is 0 Å². The minimum absolute atomic E-state index is 0.0412. The van der Waals surface area contributed by atoms with Crippen molar-refractivity contribution in [2.45, 2.75) is 43.7 Å². The number of urea groups is 1. The van der Waals surface area contributed by atoms with Crippen LogP contribution in [0.1, 0.15) is 27.2 Å². The zero-order chi connectivity index (χ0) is 15.6. The first kappa shape index (κ1) is 14.4. The molecule has 1 heterocycles. The van der Waals surface area contributed by atoms with Gasteiger partial charge >= 0.3 is 12.1 Å². The number of nitrogens with one attached hydrogen (secondary N) is 1. The molecule has 1 aliphatic heterocycles. The van der Waals surface area contributed by atoms with Crippen LogP contribution in [0.15, 0.2) is 12.2 Å². The number of amides is 4. The van der Waals surface area contributed by atoms with Crippen LogP contribution in [-0.4, -0.2) is 39.4 Å². The Labute approximate surface area is 127 Å². The number of hydrogen-bond acceptors (Lipinski definition) is 4. The van der Waals surface area contributed by atoms with E-state index in [1.165, 1.54) is 0 Å². The van der Waals surface area contributed by atoms with Gasteiger partial charge in [0.25, 0.3) is 5.91 Å². The van der Waals surface area contributed by atoms with Crippen LogP contribution in [-0.2, 0) is 9.53 Å². The lowest BCUT2D eigenvalue weighted by Crippen LogP contribution is -2.57. The second kappa shape index (κ2) is 4.22. The molecule has 21 heavy (non-hydrogen) atoms. The first-order chi connectivity index (χ1) is 9.67. The molecule has 1 saturated heterocycles. The van der Waals surface area contributed by atoms with Crippen molar-refractivity contribution in [2.75, 3.05) is 0 Å². The van der Waals surface area contributed by atoms with Gasteiger partial charge in [-0.15, -0.1) is 11.6 Å². The van der Waals surface area contributed by atoms with Crippen molar-refractivity contribution in [1.82, 2.24) is 10.2 Å². The van der Waals surface area contributed by atoms with E-state index in [2.05, 4.69) is 5.32 Å². The Morgan fingerprint density at radius 1 is 1.43 bits per heavy atom. The van der Waals surface area contributed by atoms with Gasteiger partial charge in [-0.1, -0.05) is 12.2 Å². The van der Waals surface area contributed by atoms with Gasteiger partial charge in [-0.05, 0) is 33.1 Å². The molecule has 2 aliphatic carbocycles. The van der Waals surface area contributed by atoms with Crippen LogP contribution in [0.2, 0.25) is 0 Å². The Bertz CT molecular complexity index is 568. The molecule has 1 saturated carbocycles. The van der Waals surface area contributed by atoms with E-state index in [1.54, 1.807) is 20.8 Å². The van der Waals surface area contributed by atoms with Gasteiger partial charge in [0.1, 0.15) is 11.1 Å². The number of halogens is 1. The van der Waals surface area contributed by atoms with E-state index in [1.807, 2.05) is 12.2 Å². The fourth-order valence-corrected chi connectivity index (χ4v) is 3.80. The molecule has 3 aliphatic rings. The first-order valence-corrected chi connectivity index (χ1v) is 7.32. The molecule has 0 aromatic carbocycles. The fraction of sp³-hybridized carbons (Fsp3) is 0.643. The average molecular weight is 313 g/mol. The molecule has 114 valence electrons. The number of allylic oxidation sites excluding steroid dienone is 1. The third-order valence-corrected chi connectivity index (χ3v) is 4.83. The van der Waals surface area contributed by atoms with Crippen LogP contribution in [0.25, 0.3) is 0 Å². The lowest BCUT2D eigenvalue weighted by Gasteiger charge is -2.32. The van der Waals surface area contributed by atoms with Crippen molar-refractivity contribution in [3.63, 3.8) is 0 Å². The lowest BCUT2D eigenvalue weighted by atomic mass is 9.84. The number of ether oxygens (including phenoxy) is 1. The summed E-state index contributed by atoms with van der Waals surface area (Å²) in [6.07, 6.45) is 3.60. The highest BCUT2D eigenvalue weighted by Crippen LogP contribution is 2.51. The van der Waals surface area contributed by atoms with Crippen molar-refractivity contribution in [1.29, 1.82) is 0 Å². The van der Waals surface area contributed by atoms with Crippen molar-refractivity contribution in [2.24, 2.45) is 11.8 Å². The van der Waals surface area contributed by atoms with Crippen LogP contribution in [0.4, 0.5) is 9.59 Å². The summed E-state index contributed by atoms with van der Waals surface area (Å²) in [5.74, 6) is -0.744. The Kier molecular flexibility index (Phi) is 2.89. The molecule has 3 rings (SSSR count). The minimum Gasteiger partial charge on any atom is -0.443 e. The van der Waals surface area contributed by atoms with E-state index in [4.69, 9.17) is 16.3 Å². The van der Waals surface area contributed by atoms with Crippen LogP contribution >= 0.6 is 11.6 Å². The van der Waals surface area contributed by atoms with Gasteiger partial charge in [-0.2, -0.15) is 4.90 Å². The monoisotopic (exact) mass is 312 g/mol. The van der Waals surface area contributed by atoms with E-state index in [0.717, 1.165) is 0 Å². The van der Waals surface area contributed by atoms with E-state index in [9.17, 15) is 14.4 Å². The number of hydrogen-bond donors (Lipinski definition) is 1. The SMILES string of the molecule is CC(C)(C)OC(=O)N1C(=O)N[C@]2(C1=O)[C@@H]1C=C[C@@H](C1)[C@@H]2Cl. The molecule has 2 fully saturated rings. The number of carbonyl (C=O) groups is 3. The molecule has 0 aromatic heterocycles. The third kappa shape index (κ3) is 1.88. The molecular formula is C14H17ClN2O4. The van der Waals surface area contributed by atoms with E-state index in [0.29, 0.717) is 11.3 Å². The summed E-state index contributed by atoms with van der Waals surface area (Å²) in [5.41, 5.74) is -2.00. The molecule has 4 amide bonds. The zero-order valence-electron chi connectivity index (χ0n) is 12.1. The number of fused-ring (bicyclic) bond motifs is 3.